The van der Waals surface area contributed by atoms with E-state index in [-0.39, 0.29) is 0 Å². The van der Waals surface area contributed by atoms with E-state index >= 15 is 0 Å². The lowest BCUT2D eigenvalue weighted by molar-refractivity contribution is 1.09. The van der Waals surface area contributed by atoms with Crippen LogP contribution in [-0.4, -0.2) is 19.5 Å². The Morgan fingerprint density at radius 1 is 0.923 bits per heavy atom. The molecule has 0 N–H and O–H groups in total. The first kappa shape index (κ1) is 15.5. The summed E-state index contributed by atoms with van der Waals surface area (Å²) in [4.78, 5) is 15.4. The van der Waals surface area contributed by atoms with Crippen LogP contribution in [0.5, 0.6) is 0 Å². The third kappa shape index (κ3) is 2.40. The van der Waals surface area contributed by atoms with Crippen LogP contribution in [0.2, 0.25) is 5.02 Å². The van der Waals surface area contributed by atoms with Gasteiger partial charge < -0.3 is 0 Å². The molecular formula is C20H13ClN4S. The van der Waals surface area contributed by atoms with Gasteiger partial charge in [0.15, 0.2) is 17.1 Å². The number of fused-ring (bicyclic) bond motifs is 2. The molecule has 6 heteroatoms. The Balaban J connectivity index is 1.89. The van der Waals surface area contributed by atoms with Crippen molar-refractivity contribution in [3.8, 4) is 16.4 Å². The number of halogens is 1. The fraction of sp³-hybridized carbons (Fsp3) is 0.0500. The summed E-state index contributed by atoms with van der Waals surface area (Å²) < 4.78 is 2.03. The van der Waals surface area contributed by atoms with Crippen molar-refractivity contribution in [3.63, 3.8) is 0 Å². The monoisotopic (exact) mass is 376 g/mol. The average molecular weight is 377 g/mol. The van der Waals surface area contributed by atoms with Crippen LogP contribution in [0.25, 0.3) is 38.7 Å². The van der Waals surface area contributed by atoms with Gasteiger partial charge in [-0.2, -0.15) is 0 Å². The lowest BCUT2D eigenvalue weighted by Crippen LogP contribution is -1.99. The Morgan fingerprint density at radius 2 is 1.73 bits per heavy atom. The molecule has 26 heavy (non-hydrogen) atoms. The van der Waals surface area contributed by atoms with Crippen molar-refractivity contribution >= 4 is 45.3 Å². The second kappa shape index (κ2) is 5.90. The molecule has 3 heterocycles. The summed E-state index contributed by atoms with van der Waals surface area (Å²) in [6.07, 6.45) is 0. The normalized spacial score (nSPS) is 11.5. The summed E-state index contributed by atoms with van der Waals surface area (Å²) >= 11 is 8.03. The highest BCUT2D eigenvalue weighted by Gasteiger charge is 2.18. The molecule has 0 aliphatic heterocycles. The minimum atomic E-state index is 0.629. The standard InChI is InChI=1S/C20H13ClN4S/c1-12-8-9-13(11-14(12)21)25-19(17-7-4-10-26-17)24-18-20(25)23-16-6-3-2-5-15(16)22-18/h2-11H,1H3. The van der Waals surface area contributed by atoms with Crippen LogP contribution in [-0.2, 0) is 0 Å². The van der Waals surface area contributed by atoms with Crippen molar-refractivity contribution < 1.29 is 0 Å². The molecule has 0 spiro atoms. The van der Waals surface area contributed by atoms with Crippen LogP contribution < -0.4 is 0 Å². The Morgan fingerprint density at radius 3 is 2.46 bits per heavy atom. The summed E-state index contributed by atoms with van der Waals surface area (Å²) in [6, 6.07) is 17.9. The molecule has 0 saturated carbocycles. The molecule has 0 aliphatic carbocycles. The Kier molecular flexibility index (Phi) is 3.51. The average Bonchev–Trinajstić information content (AvgIpc) is 3.29. The minimum Gasteiger partial charge on any atom is -0.275 e. The fourth-order valence-electron chi connectivity index (χ4n) is 2.99. The van der Waals surface area contributed by atoms with E-state index in [0.29, 0.717) is 5.65 Å². The summed E-state index contributed by atoms with van der Waals surface area (Å²) in [5.41, 5.74) is 5.00. The predicted molar refractivity (Wildman–Crippen MR) is 107 cm³/mol. The number of hydrogen-bond acceptors (Lipinski definition) is 4. The molecule has 0 atom stereocenters. The van der Waals surface area contributed by atoms with Gasteiger partial charge in [0.1, 0.15) is 0 Å². The second-order valence-corrected chi connectivity index (χ2v) is 7.40. The van der Waals surface area contributed by atoms with Crippen LogP contribution in [0.4, 0.5) is 0 Å². The third-order valence-corrected chi connectivity index (χ3v) is 5.60. The number of aryl methyl sites for hydroxylation is 1. The first-order chi connectivity index (χ1) is 12.7. The van der Waals surface area contributed by atoms with Gasteiger partial charge in [-0.3, -0.25) is 4.57 Å². The Bertz CT molecular complexity index is 1260. The molecule has 0 aliphatic rings. The van der Waals surface area contributed by atoms with Gasteiger partial charge in [-0.25, -0.2) is 15.0 Å². The van der Waals surface area contributed by atoms with Crippen LogP contribution in [0.3, 0.4) is 0 Å². The van der Waals surface area contributed by atoms with E-state index in [1.807, 2.05) is 65.4 Å². The highest BCUT2D eigenvalue weighted by molar-refractivity contribution is 7.13. The molecule has 0 radical (unpaired) electrons. The number of nitrogens with zero attached hydrogens (tertiary/aromatic N) is 4. The maximum Gasteiger partial charge on any atom is 0.199 e. The fourth-order valence-corrected chi connectivity index (χ4v) is 3.87. The first-order valence-corrected chi connectivity index (χ1v) is 9.42. The molecule has 4 nitrogen and oxygen atoms in total. The first-order valence-electron chi connectivity index (χ1n) is 8.16. The highest BCUT2D eigenvalue weighted by Crippen LogP contribution is 2.32. The van der Waals surface area contributed by atoms with Gasteiger partial charge in [-0.15, -0.1) is 11.3 Å². The number of rotatable bonds is 2. The molecule has 0 saturated heterocycles. The highest BCUT2D eigenvalue weighted by atomic mass is 35.5. The zero-order valence-corrected chi connectivity index (χ0v) is 15.4. The summed E-state index contributed by atoms with van der Waals surface area (Å²) in [5, 5.41) is 2.76. The van der Waals surface area contributed by atoms with E-state index in [1.165, 1.54) is 0 Å². The Labute approximate surface area is 158 Å². The van der Waals surface area contributed by atoms with Gasteiger partial charge in [0, 0.05) is 5.02 Å². The molecule has 0 fully saturated rings. The quantitative estimate of drug-likeness (QED) is 0.399. The summed E-state index contributed by atoms with van der Waals surface area (Å²) in [6.45, 7) is 1.99. The number of thiophene rings is 1. The largest absolute Gasteiger partial charge is 0.275 e. The van der Waals surface area contributed by atoms with Crippen LogP contribution in [0.15, 0.2) is 60.0 Å². The number of imidazole rings is 1. The van der Waals surface area contributed by atoms with E-state index in [0.717, 1.165) is 43.7 Å². The molecule has 3 aromatic heterocycles. The number of hydrogen-bond donors (Lipinski definition) is 0. The molecule has 0 unspecified atom stereocenters. The van der Waals surface area contributed by atoms with Crippen molar-refractivity contribution in [1.82, 2.24) is 19.5 Å². The minimum absolute atomic E-state index is 0.629. The molecule has 5 rings (SSSR count). The Hall–Kier alpha value is -2.76. The van der Waals surface area contributed by atoms with Crippen molar-refractivity contribution in [2.45, 2.75) is 6.92 Å². The number of benzene rings is 2. The van der Waals surface area contributed by atoms with Gasteiger partial charge in [-0.05, 0) is 48.2 Å². The lowest BCUT2D eigenvalue weighted by atomic mass is 10.2. The molecule has 2 aromatic carbocycles. The zero-order valence-electron chi connectivity index (χ0n) is 13.8. The lowest BCUT2D eigenvalue weighted by Gasteiger charge is -2.09. The molecule has 0 amide bonds. The second-order valence-electron chi connectivity index (χ2n) is 6.04. The van der Waals surface area contributed by atoms with Crippen molar-refractivity contribution in [2.75, 3.05) is 0 Å². The van der Waals surface area contributed by atoms with Crippen molar-refractivity contribution in [2.24, 2.45) is 0 Å². The van der Waals surface area contributed by atoms with E-state index in [1.54, 1.807) is 11.3 Å². The predicted octanol–water partition coefficient (Wildman–Crippen LogP) is 5.66. The molecule has 5 aromatic rings. The number of aromatic nitrogens is 4. The van der Waals surface area contributed by atoms with Gasteiger partial charge in [0.25, 0.3) is 0 Å². The van der Waals surface area contributed by atoms with Crippen LogP contribution >= 0.6 is 22.9 Å². The van der Waals surface area contributed by atoms with Crippen molar-refractivity contribution in [3.05, 3.63) is 70.6 Å². The van der Waals surface area contributed by atoms with Gasteiger partial charge in [0.2, 0.25) is 0 Å². The number of para-hydroxylation sites is 2. The van der Waals surface area contributed by atoms with E-state index in [2.05, 4.69) is 6.07 Å². The molecule has 0 bridgehead atoms. The van der Waals surface area contributed by atoms with Crippen LogP contribution in [0, 0.1) is 6.92 Å². The van der Waals surface area contributed by atoms with Crippen LogP contribution in [0.1, 0.15) is 5.56 Å². The van der Waals surface area contributed by atoms with Gasteiger partial charge in [0.05, 0.1) is 21.6 Å². The zero-order chi connectivity index (χ0) is 17.7. The maximum absolute atomic E-state index is 6.39. The topological polar surface area (TPSA) is 43.6 Å². The molecule has 126 valence electrons. The SMILES string of the molecule is Cc1ccc(-n2c(-c3cccs3)nc3nc4ccccc4nc32)cc1Cl. The smallest absolute Gasteiger partial charge is 0.199 e. The van der Waals surface area contributed by atoms with Gasteiger partial charge in [-0.1, -0.05) is 35.9 Å². The van der Waals surface area contributed by atoms with E-state index < -0.39 is 0 Å². The van der Waals surface area contributed by atoms with Gasteiger partial charge >= 0.3 is 0 Å². The van der Waals surface area contributed by atoms with E-state index in [9.17, 15) is 0 Å². The van der Waals surface area contributed by atoms with E-state index in [4.69, 9.17) is 26.6 Å². The summed E-state index contributed by atoms with van der Waals surface area (Å²) in [5.74, 6) is 0.824. The molecular weight excluding hydrogens is 364 g/mol. The summed E-state index contributed by atoms with van der Waals surface area (Å²) in [7, 11) is 0. The third-order valence-electron chi connectivity index (χ3n) is 4.33. The maximum atomic E-state index is 6.39. The van der Waals surface area contributed by atoms with Crippen molar-refractivity contribution in [1.29, 1.82) is 0 Å².